The molecule has 0 spiro atoms. The number of rotatable bonds is 3. The Morgan fingerprint density at radius 1 is 1.50 bits per heavy atom. The monoisotopic (exact) mass is 336 g/mol. The van der Waals surface area contributed by atoms with Gasteiger partial charge in [0.05, 0.1) is 24.2 Å². The van der Waals surface area contributed by atoms with Crippen molar-refractivity contribution in [3.8, 4) is 0 Å². The zero-order valence-corrected chi connectivity index (χ0v) is 13.7. The first-order valence-electron chi connectivity index (χ1n) is 7.68. The fourth-order valence-electron chi connectivity index (χ4n) is 2.48. The van der Waals surface area contributed by atoms with Crippen molar-refractivity contribution >= 4 is 17.1 Å². The second kappa shape index (κ2) is 5.99. The van der Waals surface area contributed by atoms with Crippen molar-refractivity contribution in [3.63, 3.8) is 0 Å². The number of carbonyl (C=O) groups is 1. The van der Waals surface area contributed by atoms with Gasteiger partial charge in [0, 0.05) is 6.42 Å². The Morgan fingerprint density at radius 2 is 2.25 bits per heavy atom. The molecule has 1 aliphatic rings. The third-order valence-corrected chi connectivity index (χ3v) is 3.87. The molecule has 130 valence electrons. The van der Waals surface area contributed by atoms with Gasteiger partial charge in [0.1, 0.15) is 18.9 Å². The molecule has 1 aliphatic heterocycles. The number of esters is 1. The van der Waals surface area contributed by atoms with Crippen LogP contribution in [0.4, 0.5) is 0 Å². The molecule has 3 heterocycles. The molecule has 2 aromatic heterocycles. The van der Waals surface area contributed by atoms with Gasteiger partial charge in [-0.3, -0.25) is 14.2 Å². The quantitative estimate of drug-likeness (QED) is 0.776. The van der Waals surface area contributed by atoms with Crippen LogP contribution in [-0.2, 0) is 14.3 Å². The molecule has 0 saturated carbocycles. The van der Waals surface area contributed by atoms with Crippen LogP contribution in [0.3, 0.4) is 0 Å². The van der Waals surface area contributed by atoms with Crippen LogP contribution >= 0.6 is 0 Å². The number of carbonyl (C=O) groups excluding carboxylic acids is 1. The van der Waals surface area contributed by atoms with Crippen LogP contribution in [0.15, 0.2) is 17.4 Å². The van der Waals surface area contributed by atoms with Crippen LogP contribution in [0, 0.1) is 5.41 Å². The van der Waals surface area contributed by atoms with E-state index >= 15 is 0 Å². The van der Waals surface area contributed by atoms with Gasteiger partial charge >= 0.3 is 5.97 Å². The molecule has 9 nitrogen and oxygen atoms in total. The van der Waals surface area contributed by atoms with Crippen molar-refractivity contribution in [1.82, 2.24) is 19.5 Å². The molecule has 9 heteroatoms. The molecule has 0 aliphatic carbocycles. The first-order valence-corrected chi connectivity index (χ1v) is 7.68. The van der Waals surface area contributed by atoms with Gasteiger partial charge in [-0.05, 0) is 20.8 Å². The topological polar surface area (TPSA) is 119 Å². The third kappa shape index (κ3) is 3.04. The van der Waals surface area contributed by atoms with Crippen LogP contribution in [0.2, 0.25) is 0 Å². The summed E-state index contributed by atoms with van der Waals surface area (Å²) in [4.78, 5) is 34.1. The highest BCUT2D eigenvalue weighted by atomic mass is 16.6. The summed E-state index contributed by atoms with van der Waals surface area (Å²) < 4.78 is 12.6. The predicted octanol–water partition coefficient (Wildman–Crippen LogP) is 0.357. The maximum absolute atomic E-state index is 11.8. The van der Waals surface area contributed by atoms with Crippen LogP contribution in [0.1, 0.15) is 33.4 Å². The van der Waals surface area contributed by atoms with E-state index in [0.29, 0.717) is 5.65 Å². The van der Waals surface area contributed by atoms with Gasteiger partial charge in [0.25, 0.3) is 5.56 Å². The molecule has 1 saturated heterocycles. The molecular weight excluding hydrogens is 316 g/mol. The van der Waals surface area contributed by atoms with Crippen molar-refractivity contribution in [2.45, 2.75) is 45.6 Å². The van der Waals surface area contributed by atoms with Gasteiger partial charge in [0.2, 0.25) is 0 Å². The van der Waals surface area contributed by atoms with E-state index in [4.69, 9.17) is 9.47 Å². The molecule has 1 fully saturated rings. The maximum Gasteiger partial charge on any atom is 0.311 e. The summed E-state index contributed by atoms with van der Waals surface area (Å²) in [6, 6.07) is 0. The predicted molar refractivity (Wildman–Crippen MR) is 83.1 cm³/mol. The molecule has 2 aromatic rings. The summed E-state index contributed by atoms with van der Waals surface area (Å²) >= 11 is 0. The van der Waals surface area contributed by atoms with Crippen LogP contribution in [-0.4, -0.2) is 49.4 Å². The molecular formula is C15H20N4O5. The van der Waals surface area contributed by atoms with E-state index in [9.17, 15) is 14.7 Å². The molecule has 0 radical (unpaired) electrons. The van der Waals surface area contributed by atoms with Crippen LogP contribution in [0.25, 0.3) is 11.2 Å². The highest BCUT2D eigenvalue weighted by Gasteiger charge is 2.37. The number of fused-ring (bicyclic) bond motifs is 1. The normalized spacial score (nSPS) is 24.4. The summed E-state index contributed by atoms with van der Waals surface area (Å²) in [6.45, 7) is 5.23. The Bertz CT molecular complexity index is 806. The van der Waals surface area contributed by atoms with E-state index in [-0.39, 0.29) is 30.1 Å². The highest BCUT2D eigenvalue weighted by molar-refractivity contribution is 5.75. The number of ether oxygens (including phenoxy) is 2. The lowest BCUT2D eigenvalue weighted by atomic mass is 9.97. The fourth-order valence-corrected chi connectivity index (χ4v) is 2.48. The minimum absolute atomic E-state index is 0.0333. The van der Waals surface area contributed by atoms with E-state index in [1.807, 2.05) is 0 Å². The highest BCUT2D eigenvalue weighted by Crippen LogP contribution is 2.30. The number of hydrogen-bond donors (Lipinski definition) is 2. The summed E-state index contributed by atoms with van der Waals surface area (Å²) in [7, 11) is 0. The number of nitrogens with zero attached hydrogens (tertiary/aromatic N) is 3. The Hall–Kier alpha value is -2.26. The Kier molecular flexibility index (Phi) is 4.14. The van der Waals surface area contributed by atoms with Crippen molar-refractivity contribution < 1.29 is 19.4 Å². The standard InChI is InChI=1S/C15H20N4O5/c1-15(2,3)14(22)23-5-9-8(20)4-10(24-9)19-7-18-11-12(19)16-6-17-13(11)21/h6-10,20H,4-5H2,1-3H3,(H,16,17,21). The fraction of sp³-hybridized carbons (Fsp3) is 0.600. The smallest absolute Gasteiger partial charge is 0.311 e. The van der Waals surface area contributed by atoms with E-state index in [1.165, 1.54) is 12.7 Å². The average molecular weight is 336 g/mol. The van der Waals surface area contributed by atoms with E-state index in [0.717, 1.165) is 0 Å². The molecule has 0 aromatic carbocycles. The van der Waals surface area contributed by atoms with Gasteiger partial charge in [0.15, 0.2) is 11.2 Å². The second-order valence-electron chi connectivity index (χ2n) is 6.84. The molecule has 3 atom stereocenters. The SMILES string of the molecule is CC(C)(C)C(=O)OCC1OC(n2cnc3c(=O)[nH]cnc32)CC1O. The summed E-state index contributed by atoms with van der Waals surface area (Å²) in [5.74, 6) is -0.358. The molecule has 24 heavy (non-hydrogen) atoms. The number of aromatic amines is 1. The molecule has 3 unspecified atom stereocenters. The number of imidazole rings is 1. The molecule has 0 amide bonds. The van der Waals surface area contributed by atoms with Crippen molar-refractivity contribution in [1.29, 1.82) is 0 Å². The lowest BCUT2D eigenvalue weighted by Crippen LogP contribution is -2.31. The summed E-state index contributed by atoms with van der Waals surface area (Å²) in [5.41, 5.74) is -0.372. The van der Waals surface area contributed by atoms with Crippen molar-refractivity contribution in [2.75, 3.05) is 6.61 Å². The van der Waals surface area contributed by atoms with Gasteiger partial charge in [-0.25, -0.2) is 9.97 Å². The molecule has 2 N–H and O–H groups in total. The molecule has 0 bridgehead atoms. The summed E-state index contributed by atoms with van der Waals surface area (Å²) in [6.07, 6.45) is 1.07. The van der Waals surface area contributed by atoms with Gasteiger partial charge in [-0.1, -0.05) is 0 Å². The van der Waals surface area contributed by atoms with E-state index in [2.05, 4.69) is 15.0 Å². The Labute approximate surface area is 137 Å². The molecule has 3 rings (SSSR count). The second-order valence-corrected chi connectivity index (χ2v) is 6.84. The zero-order valence-electron chi connectivity index (χ0n) is 13.7. The van der Waals surface area contributed by atoms with Gasteiger partial charge < -0.3 is 19.6 Å². The Balaban J connectivity index is 1.72. The van der Waals surface area contributed by atoms with E-state index < -0.39 is 23.9 Å². The zero-order chi connectivity index (χ0) is 17.5. The number of aliphatic hydroxyl groups is 1. The lowest BCUT2D eigenvalue weighted by Gasteiger charge is -2.20. The maximum atomic E-state index is 11.8. The van der Waals surface area contributed by atoms with Gasteiger partial charge in [-0.15, -0.1) is 0 Å². The first kappa shape index (κ1) is 16.6. The van der Waals surface area contributed by atoms with E-state index in [1.54, 1.807) is 25.3 Å². The number of aliphatic hydroxyl groups excluding tert-OH is 1. The Morgan fingerprint density at radius 3 is 2.96 bits per heavy atom. The lowest BCUT2D eigenvalue weighted by molar-refractivity contribution is -0.159. The number of H-pyrrole nitrogens is 1. The average Bonchev–Trinajstić information content (AvgIpc) is 3.08. The number of aromatic nitrogens is 4. The van der Waals surface area contributed by atoms with Crippen LogP contribution in [0.5, 0.6) is 0 Å². The third-order valence-electron chi connectivity index (χ3n) is 3.87. The first-order chi connectivity index (χ1) is 11.3. The number of nitrogens with one attached hydrogen (secondary N) is 1. The van der Waals surface area contributed by atoms with Crippen molar-refractivity contribution in [2.24, 2.45) is 5.41 Å². The minimum atomic E-state index is -0.790. The van der Waals surface area contributed by atoms with Crippen LogP contribution < -0.4 is 5.56 Å². The van der Waals surface area contributed by atoms with Crippen molar-refractivity contribution in [3.05, 3.63) is 23.0 Å². The minimum Gasteiger partial charge on any atom is -0.462 e. The van der Waals surface area contributed by atoms with Gasteiger partial charge in [-0.2, -0.15) is 0 Å². The number of hydrogen-bond acceptors (Lipinski definition) is 7. The summed E-state index contributed by atoms with van der Waals surface area (Å²) in [5, 5.41) is 10.2. The largest absolute Gasteiger partial charge is 0.462 e.